The molecule has 1 aromatic heterocycles. The first-order chi connectivity index (χ1) is 6.72. The molecule has 0 atom stereocenters. The van der Waals surface area contributed by atoms with Gasteiger partial charge in [-0.15, -0.1) is 0 Å². The van der Waals surface area contributed by atoms with Crippen LogP contribution >= 0.6 is 11.6 Å². The molecular weight excluding hydrogens is 204 g/mol. The van der Waals surface area contributed by atoms with Crippen LogP contribution in [-0.4, -0.2) is 29.5 Å². The minimum absolute atomic E-state index is 0.0161. The molecular formula is C8H11ClN4O. The first kappa shape index (κ1) is 10.7. The Morgan fingerprint density at radius 2 is 2.43 bits per heavy atom. The van der Waals surface area contributed by atoms with Crippen molar-refractivity contribution in [1.82, 2.24) is 15.3 Å². The van der Waals surface area contributed by atoms with Crippen molar-refractivity contribution in [2.45, 2.75) is 6.42 Å². The van der Waals surface area contributed by atoms with Gasteiger partial charge in [-0.3, -0.25) is 4.79 Å². The molecule has 0 saturated heterocycles. The van der Waals surface area contributed by atoms with Gasteiger partial charge < -0.3 is 10.6 Å². The van der Waals surface area contributed by atoms with E-state index in [0.29, 0.717) is 18.8 Å². The quantitative estimate of drug-likeness (QED) is 0.724. The highest BCUT2D eigenvalue weighted by atomic mass is 35.5. The molecule has 0 fully saturated rings. The van der Waals surface area contributed by atoms with Crippen LogP contribution in [0.5, 0.6) is 0 Å². The second kappa shape index (κ2) is 5.39. The van der Waals surface area contributed by atoms with Gasteiger partial charge in [0.05, 0.1) is 0 Å². The van der Waals surface area contributed by atoms with Crippen molar-refractivity contribution >= 4 is 23.3 Å². The van der Waals surface area contributed by atoms with Gasteiger partial charge in [-0.05, 0) is 17.7 Å². The summed E-state index contributed by atoms with van der Waals surface area (Å²) in [5.74, 6) is 0.603. The van der Waals surface area contributed by atoms with Crippen LogP contribution in [-0.2, 0) is 4.79 Å². The van der Waals surface area contributed by atoms with Crippen LogP contribution in [0.2, 0.25) is 5.28 Å². The van der Waals surface area contributed by atoms with Gasteiger partial charge in [0.25, 0.3) is 0 Å². The molecule has 6 heteroatoms. The maximum absolute atomic E-state index is 10.9. The van der Waals surface area contributed by atoms with Crippen molar-refractivity contribution in [2.24, 2.45) is 0 Å². The van der Waals surface area contributed by atoms with Crippen LogP contribution in [0.1, 0.15) is 6.42 Å². The monoisotopic (exact) mass is 214 g/mol. The summed E-state index contributed by atoms with van der Waals surface area (Å²) in [6.07, 6.45) is 1.95. The summed E-state index contributed by atoms with van der Waals surface area (Å²) in [4.78, 5) is 18.5. The van der Waals surface area contributed by atoms with Crippen LogP contribution in [0.25, 0.3) is 0 Å². The van der Waals surface area contributed by atoms with Crippen molar-refractivity contribution in [3.05, 3.63) is 17.5 Å². The third-order valence-corrected chi connectivity index (χ3v) is 1.75. The fourth-order valence-corrected chi connectivity index (χ4v) is 1.01. The summed E-state index contributed by atoms with van der Waals surface area (Å²) in [7, 11) is 1.60. The number of rotatable bonds is 4. The molecule has 5 nitrogen and oxygen atoms in total. The molecule has 0 aliphatic rings. The van der Waals surface area contributed by atoms with Crippen molar-refractivity contribution in [1.29, 1.82) is 0 Å². The van der Waals surface area contributed by atoms with Crippen LogP contribution in [0.4, 0.5) is 5.82 Å². The summed E-state index contributed by atoms with van der Waals surface area (Å²) < 4.78 is 0. The van der Waals surface area contributed by atoms with E-state index >= 15 is 0 Å². The minimum Gasteiger partial charge on any atom is -0.369 e. The number of nitrogens with one attached hydrogen (secondary N) is 2. The first-order valence-electron chi connectivity index (χ1n) is 4.15. The summed E-state index contributed by atoms with van der Waals surface area (Å²) in [5, 5.41) is 5.67. The number of nitrogens with zero attached hydrogens (tertiary/aromatic N) is 2. The number of carbonyl (C=O) groups is 1. The average Bonchev–Trinajstić information content (AvgIpc) is 2.17. The molecule has 14 heavy (non-hydrogen) atoms. The molecule has 0 spiro atoms. The van der Waals surface area contributed by atoms with Gasteiger partial charge in [-0.1, -0.05) is 0 Å². The summed E-state index contributed by atoms with van der Waals surface area (Å²) >= 11 is 5.57. The largest absolute Gasteiger partial charge is 0.369 e. The smallest absolute Gasteiger partial charge is 0.224 e. The van der Waals surface area contributed by atoms with Gasteiger partial charge in [0, 0.05) is 26.2 Å². The molecule has 1 heterocycles. The van der Waals surface area contributed by atoms with E-state index in [0.717, 1.165) is 0 Å². The van der Waals surface area contributed by atoms with Crippen molar-refractivity contribution in [2.75, 3.05) is 18.9 Å². The lowest BCUT2D eigenvalue weighted by Gasteiger charge is -2.03. The number of carbonyl (C=O) groups excluding carboxylic acids is 1. The maximum atomic E-state index is 10.9. The zero-order valence-corrected chi connectivity index (χ0v) is 8.51. The molecule has 1 amide bonds. The molecule has 0 radical (unpaired) electrons. The molecule has 0 aliphatic carbocycles. The van der Waals surface area contributed by atoms with Crippen LogP contribution in [0, 0.1) is 0 Å². The van der Waals surface area contributed by atoms with Crippen LogP contribution in [0.3, 0.4) is 0 Å². The summed E-state index contributed by atoms with van der Waals surface area (Å²) in [6, 6.07) is 1.69. The fraction of sp³-hybridized carbons (Fsp3) is 0.375. The zero-order valence-electron chi connectivity index (χ0n) is 7.75. The van der Waals surface area contributed by atoms with E-state index in [1.165, 1.54) is 0 Å². The van der Waals surface area contributed by atoms with Gasteiger partial charge in [-0.2, -0.15) is 0 Å². The van der Waals surface area contributed by atoms with Crippen molar-refractivity contribution < 1.29 is 4.79 Å². The lowest BCUT2D eigenvalue weighted by molar-refractivity contribution is -0.120. The average molecular weight is 215 g/mol. The lowest BCUT2D eigenvalue weighted by atomic mass is 10.4. The number of hydrogen-bond acceptors (Lipinski definition) is 4. The van der Waals surface area contributed by atoms with Gasteiger partial charge in [0.1, 0.15) is 5.82 Å². The highest BCUT2D eigenvalue weighted by Gasteiger charge is 1.98. The Morgan fingerprint density at radius 1 is 1.64 bits per heavy atom. The van der Waals surface area contributed by atoms with E-state index in [1.807, 2.05) is 0 Å². The third-order valence-electron chi connectivity index (χ3n) is 1.56. The Kier molecular flexibility index (Phi) is 4.12. The maximum Gasteiger partial charge on any atom is 0.224 e. The standard InChI is InChI=1S/C8H11ClN4O/c1-10-7(14)3-5-11-6-2-4-12-8(9)13-6/h2,4H,3,5H2,1H3,(H,10,14)(H,11,12,13). The van der Waals surface area contributed by atoms with Gasteiger partial charge in [0.2, 0.25) is 11.2 Å². The van der Waals surface area contributed by atoms with Crippen molar-refractivity contribution in [3.63, 3.8) is 0 Å². The molecule has 0 aromatic carbocycles. The van der Waals surface area contributed by atoms with E-state index in [9.17, 15) is 4.79 Å². The van der Waals surface area contributed by atoms with E-state index in [4.69, 9.17) is 11.6 Å². The minimum atomic E-state index is -0.0161. The Balaban J connectivity index is 2.35. The number of hydrogen-bond donors (Lipinski definition) is 2. The number of anilines is 1. The third kappa shape index (κ3) is 3.57. The van der Waals surface area contributed by atoms with Gasteiger partial charge in [-0.25, -0.2) is 9.97 Å². The highest BCUT2D eigenvalue weighted by Crippen LogP contribution is 2.05. The SMILES string of the molecule is CNC(=O)CCNc1ccnc(Cl)n1. The molecule has 76 valence electrons. The van der Waals surface area contributed by atoms with Crippen LogP contribution in [0.15, 0.2) is 12.3 Å². The second-order valence-electron chi connectivity index (χ2n) is 2.56. The fourth-order valence-electron chi connectivity index (χ4n) is 0.862. The normalized spacial score (nSPS) is 9.57. The van der Waals surface area contributed by atoms with Crippen molar-refractivity contribution in [3.8, 4) is 0 Å². The Hall–Kier alpha value is -1.36. The summed E-state index contributed by atoms with van der Waals surface area (Å²) in [5.41, 5.74) is 0. The zero-order chi connectivity index (χ0) is 10.4. The molecule has 1 rings (SSSR count). The predicted octanol–water partition coefficient (Wildman–Crippen LogP) is 0.678. The highest BCUT2D eigenvalue weighted by molar-refractivity contribution is 6.28. The topological polar surface area (TPSA) is 66.9 Å². The van der Waals surface area contributed by atoms with Crippen LogP contribution < -0.4 is 10.6 Å². The second-order valence-corrected chi connectivity index (χ2v) is 2.90. The van der Waals surface area contributed by atoms with E-state index in [2.05, 4.69) is 20.6 Å². The Morgan fingerprint density at radius 3 is 3.07 bits per heavy atom. The number of halogens is 1. The molecule has 0 bridgehead atoms. The summed E-state index contributed by atoms with van der Waals surface area (Å²) in [6.45, 7) is 0.521. The lowest BCUT2D eigenvalue weighted by Crippen LogP contribution is -2.21. The Labute approximate surface area is 86.9 Å². The molecule has 1 aromatic rings. The molecule has 0 aliphatic heterocycles. The van der Waals surface area contributed by atoms with Gasteiger partial charge in [0.15, 0.2) is 0 Å². The number of amides is 1. The van der Waals surface area contributed by atoms with E-state index in [1.54, 1.807) is 19.3 Å². The molecule has 0 saturated carbocycles. The molecule has 2 N–H and O–H groups in total. The van der Waals surface area contributed by atoms with Gasteiger partial charge >= 0.3 is 0 Å². The van der Waals surface area contributed by atoms with E-state index in [-0.39, 0.29) is 11.2 Å². The predicted molar refractivity (Wildman–Crippen MR) is 54.2 cm³/mol. The first-order valence-corrected chi connectivity index (χ1v) is 4.53. The number of aromatic nitrogens is 2. The Bertz CT molecular complexity index is 318. The van der Waals surface area contributed by atoms with E-state index < -0.39 is 0 Å². The molecule has 0 unspecified atom stereocenters.